The van der Waals surface area contributed by atoms with E-state index >= 15 is 0 Å². The number of hydrogen-bond donors (Lipinski definition) is 3. The number of carbonyl (C=O) groups is 1. The van der Waals surface area contributed by atoms with Crippen LogP contribution in [0.25, 0.3) is 0 Å². The minimum absolute atomic E-state index is 0.0150. The van der Waals surface area contributed by atoms with Gasteiger partial charge in [-0.3, -0.25) is 9.59 Å². The molecule has 0 saturated heterocycles. The normalized spacial score (nSPS) is 16.8. The van der Waals surface area contributed by atoms with Crippen LogP contribution in [0.5, 0.6) is 0 Å². The Hall–Kier alpha value is -1.69. The first-order valence-electron chi connectivity index (χ1n) is 5.26. The fraction of sp³-hybridized carbons (Fsp3) is 0.500. The van der Waals surface area contributed by atoms with Crippen molar-refractivity contribution in [3.63, 3.8) is 0 Å². The van der Waals surface area contributed by atoms with Gasteiger partial charge in [-0.05, 0) is 18.8 Å². The van der Waals surface area contributed by atoms with Gasteiger partial charge in [0.2, 0.25) is 0 Å². The summed E-state index contributed by atoms with van der Waals surface area (Å²) in [4.78, 5) is 28.6. The molecule has 6 heteroatoms. The molecule has 2 rings (SSSR count). The summed E-state index contributed by atoms with van der Waals surface area (Å²) < 4.78 is 0. The van der Waals surface area contributed by atoms with Crippen molar-refractivity contribution in [1.29, 1.82) is 0 Å². The van der Waals surface area contributed by atoms with E-state index in [1.165, 1.54) is 6.20 Å². The van der Waals surface area contributed by atoms with Crippen LogP contribution in [0.2, 0.25) is 0 Å². The van der Waals surface area contributed by atoms with Crippen molar-refractivity contribution >= 4 is 5.91 Å². The topological polar surface area (TPSA) is 101 Å². The summed E-state index contributed by atoms with van der Waals surface area (Å²) in [6.07, 6.45) is 4.62. The molecular formula is C10H14N4O2. The molecule has 1 aromatic rings. The number of carbonyl (C=O) groups excluding carboxylic acids is 1. The van der Waals surface area contributed by atoms with E-state index in [4.69, 9.17) is 5.73 Å². The fourth-order valence-electron chi connectivity index (χ4n) is 1.58. The van der Waals surface area contributed by atoms with Gasteiger partial charge in [0, 0.05) is 18.8 Å². The maximum absolute atomic E-state index is 11.7. The molecule has 0 aromatic carbocycles. The minimum atomic E-state index is -0.325. The second-order valence-electron chi connectivity index (χ2n) is 3.95. The van der Waals surface area contributed by atoms with E-state index in [1.54, 1.807) is 0 Å². The molecule has 1 atom stereocenters. The highest BCUT2D eigenvalue weighted by molar-refractivity contribution is 5.92. The van der Waals surface area contributed by atoms with Crippen LogP contribution in [0.15, 0.2) is 17.2 Å². The molecule has 4 N–H and O–H groups in total. The number of amides is 1. The Balaban J connectivity index is 2.01. The van der Waals surface area contributed by atoms with Crippen LogP contribution in [-0.4, -0.2) is 28.5 Å². The molecule has 0 spiro atoms. The van der Waals surface area contributed by atoms with Crippen LogP contribution >= 0.6 is 0 Å². The van der Waals surface area contributed by atoms with Gasteiger partial charge >= 0.3 is 0 Å². The lowest BCUT2D eigenvalue weighted by atomic mass is 10.2. The van der Waals surface area contributed by atoms with Crippen molar-refractivity contribution in [1.82, 2.24) is 15.3 Å². The molecule has 1 heterocycles. The van der Waals surface area contributed by atoms with E-state index in [0.717, 1.165) is 19.0 Å². The molecule has 1 unspecified atom stereocenters. The fourth-order valence-corrected chi connectivity index (χ4v) is 1.58. The van der Waals surface area contributed by atoms with Gasteiger partial charge in [-0.1, -0.05) is 0 Å². The lowest BCUT2D eigenvalue weighted by Gasteiger charge is -2.15. The van der Waals surface area contributed by atoms with E-state index in [2.05, 4.69) is 15.3 Å². The monoisotopic (exact) mass is 222 g/mol. The van der Waals surface area contributed by atoms with E-state index in [1.807, 2.05) is 0 Å². The Kier molecular flexibility index (Phi) is 3.00. The number of nitrogens with two attached hydrogens (primary N) is 1. The Morgan fingerprint density at radius 1 is 1.69 bits per heavy atom. The number of aromatic nitrogens is 2. The summed E-state index contributed by atoms with van der Waals surface area (Å²) in [6, 6.07) is 0.0150. The van der Waals surface area contributed by atoms with Gasteiger partial charge in [-0.25, -0.2) is 4.98 Å². The van der Waals surface area contributed by atoms with Crippen molar-refractivity contribution in [2.75, 3.05) is 6.54 Å². The summed E-state index contributed by atoms with van der Waals surface area (Å²) in [5.74, 6) is 0.204. The zero-order valence-corrected chi connectivity index (χ0v) is 8.77. The number of nitrogens with one attached hydrogen (secondary N) is 2. The van der Waals surface area contributed by atoms with E-state index in [9.17, 15) is 9.59 Å². The third-order valence-corrected chi connectivity index (χ3v) is 2.67. The minimum Gasteiger partial charge on any atom is -0.346 e. The zero-order chi connectivity index (χ0) is 11.5. The van der Waals surface area contributed by atoms with Crippen molar-refractivity contribution in [2.45, 2.75) is 18.9 Å². The summed E-state index contributed by atoms with van der Waals surface area (Å²) in [7, 11) is 0. The number of aromatic amines is 1. The van der Waals surface area contributed by atoms with Gasteiger partial charge in [0.25, 0.3) is 11.5 Å². The second kappa shape index (κ2) is 4.44. The van der Waals surface area contributed by atoms with E-state index < -0.39 is 0 Å². The highest BCUT2D eigenvalue weighted by Crippen LogP contribution is 2.32. The maximum atomic E-state index is 11.7. The summed E-state index contributed by atoms with van der Waals surface area (Å²) in [5.41, 5.74) is 5.45. The molecule has 0 bridgehead atoms. The molecule has 86 valence electrons. The Morgan fingerprint density at radius 3 is 2.94 bits per heavy atom. The first kappa shape index (κ1) is 10.8. The number of rotatable bonds is 4. The van der Waals surface area contributed by atoms with Gasteiger partial charge in [-0.2, -0.15) is 0 Å². The summed E-state index contributed by atoms with van der Waals surface area (Å²) >= 11 is 0. The van der Waals surface area contributed by atoms with Crippen LogP contribution in [0.1, 0.15) is 23.3 Å². The van der Waals surface area contributed by atoms with Crippen molar-refractivity contribution < 1.29 is 4.79 Å². The maximum Gasteiger partial charge on any atom is 0.271 e. The number of hydrogen-bond acceptors (Lipinski definition) is 4. The average Bonchev–Trinajstić information content (AvgIpc) is 3.10. The predicted molar refractivity (Wildman–Crippen MR) is 57.9 cm³/mol. The first-order valence-corrected chi connectivity index (χ1v) is 5.26. The number of H-pyrrole nitrogens is 1. The second-order valence-corrected chi connectivity index (χ2v) is 3.95. The van der Waals surface area contributed by atoms with Crippen molar-refractivity contribution in [3.05, 3.63) is 28.4 Å². The third kappa shape index (κ3) is 2.46. The summed E-state index contributed by atoms with van der Waals surface area (Å²) in [5, 5.41) is 2.82. The van der Waals surface area contributed by atoms with Crippen LogP contribution in [0, 0.1) is 5.92 Å². The van der Waals surface area contributed by atoms with Gasteiger partial charge in [0.1, 0.15) is 5.69 Å². The van der Waals surface area contributed by atoms with Gasteiger partial charge < -0.3 is 16.0 Å². The highest BCUT2D eigenvalue weighted by Gasteiger charge is 2.31. The van der Waals surface area contributed by atoms with E-state index in [-0.39, 0.29) is 23.2 Å². The molecule has 1 aromatic heterocycles. The zero-order valence-electron chi connectivity index (χ0n) is 8.77. The quantitative estimate of drug-likeness (QED) is 0.623. The molecular weight excluding hydrogens is 208 g/mol. The molecule has 1 amide bonds. The van der Waals surface area contributed by atoms with Gasteiger partial charge in [-0.15, -0.1) is 0 Å². The van der Waals surface area contributed by atoms with Gasteiger partial charge in [0.05, 0.1) is 6.20 Å². The van der Waals surface area contributed by atoms with Crippen LogP contribution < -0.4 is 16.6 Å². The molecule has 1 fully saturated rings. The standard InChI is InChI=1S/C10H14N4O2/c11-3-7(6-1-2-6)14-10(16)8-4-13-9(15)5-12-8/h4-7H,1-3,11H2,(H,13,15)(H,14,16). The Bertz CT molecular complexity index is 418. The molecule has 1 aliphatic rings. The molecule has 0 aliphatic heterocycles. The lowest BCUT2D eigenvalue weighted by Crippen LogP contribution is -2.42. The third-order valence-electron chi connectivity index (χ3n) is 2.67. The molecule has 16 heavy (non-hydrogen) atoms. The number of nitrogens with zero attached hydrogens (tertiary/aromatic N) is 1. The molecule has 0 radical (unpaired) electrons. The van der Waals surface area contributed by atoms with Crippen LogP contribution in [0.3, 0.4) is 0 Å². The Morgan fingerprint density at radius 2 is 2.44 bits per heavy atom. The summed E-state index contributed by atoms with van der Waals surface area (Å²) in [6.45, 7) is 0.430. The predicted octanol–water partition coefficient (Wildman–Crippen LogP) is -0.763. The smallest absolute Gasteiger partial charge is 0.271 e. The lowest BCUT2D eigenvalue weighted by molar-refractivity contribution is 0.0928. The molecule has 6 nitrogen and oxygen atoms in total. The first-order chi connectivity index (χ1) is 7.70. The average molecular weight is 222 g/mol. The molecule has 1 aliphatic carbocycles. The SMILES string of the molecule is NCC(NC(=O)c1c[nH]c(=O)cn1)C1CC1. The Labute approximate surface area is 92.3 Å². The van der Waals surface area contributed by atoms with Crippen LogP contribution in [-0.2, 0) is 0 Å². The van der Waals surface area contributed by atoms with Gasteiger partial charge in [0.15, 0.2) is 0 Å². The van der Waals surface area contributed by atoms with Crippen molar-refractivity contribution in [3.8, 4) is 0 Å². The van der Waals surface area contributed by atoms with E-state index in [0.29, 0.717) is 12.5 Å². The van der Waals surface area contributed by atoms with Crippen LogP contribution in [0.4, 0.5) is 0 Å². The highest BCUT2D eigenvalue weighted by atomic mass is 16.2. The molecule has 1 saturated carbocycles. The largest absolute Gasteiger partial charge is 0.346 e. The van der Waals surface area contributed by atoms with Crippen molar-refractivity contribution in [2.24, 2.45) is 11.7 Å².